The third-order valence-electron chi connectivity index (χ3n) is 4.51. The third kappa shape index (κ3) is 5.85. The average Bonchev–Trinajstić information content (AvgIpc) is 3.09. The molecule has 0 aliphatic heterocycles. The van der Waals surface area contributed by atoms with Gasteiger partial charge in [-0.05, 0) is 54.3 Å². The molecule has 5 nitrogen and oxygen atoms in total. The van der Waals surface area contributed by atoms with Crippen molar-refractivity contribution in [2.45, 2.75) is 12.8 Å². The summed E-state index contributed by atoms with van der Waals surface area (Å²) in [5.41, 5.74) is 3.28. The van der Waals surface area contributed by atoms with Crippen LogP contribution >= 0.6 is 24.0 Å². The maximum absolute atomic E-state index is 13.5. The van der Waals surface area contributed by atoms with E-state index in [2.05, 4.69) is 32.7 Å². The number of hydrogen-bond donors (Lipinski definition) is 3. The Kier molecular flexibility index (Phi) is 8.56. The van der Waals surface area contributed by atoms with Gasteiger partial charge in [0.05, 0.1) is 7.11 Å². The number of H-pyrrole nitrogens is 1. The topological polar surface area (TPSA) is 61.4 Å². The minimum Gasteiger partial charge on any atom is -0.497 e. The zero-order valence-electron chi connectivity index (χ0n) is 16.1. The summed E-state index contributed by atoms with van der Waals surface area (Å²) in [4.78, 5) is 7.43. The van der Waals surface area contributed by atoms with Gasteiger partial charge in [-0.2, -0.15) is 0 Å². The minimum absolute atomic E-state index is 0. The van der Waals surface area contributed by atoms with Crippen molar-refractivity contribution in [2.75, 3.05) is 27.2 Å². The molecule has 2 aromatic carbocycles. The molecule has 150 valence electrons. The van der Waals surface area contributed by atoms with E-state index in [4.69, 9.17) is 4.74 Å². The van der Waals surface area contributed by atoms with Crippen LogP contribution in [-0.2, 0) is 12.8 Å². The normalized spacial score (nSPS) is 11.2. The first kappa shape index (κ1) is 22.0. The lowest BCUT2D eigenvalue weighted by atomic mass is 10.1. The van der Waals surface area contributed by atoms with E-state index in [0.29, 0.717) is 6.54 Å². The van der Waals surface area contributed by atoms with Gasteiger partial charge in [0.25, 0.3) is 0 Å². The molecule has 0 atom stereocenters. The fourth-order valence-corrected chi connectivity index (χ4v) is 3.01. The highest BCUT2D eigenvalue weighted by Crippen LogP contribution is 2.19. The molecule has 7 heteroatoms. The Morgan fingerprint density at radius 3 is 2.46 bits per heavy atom. The van der Waals surface area contributed by atoms with Crippen molar-refractivity contribution in [3.8, 4) is 5.75 Å². The Hall–Kier alpha value is -2.29. The van der Waals surface area contributed by atoms with Crippen LogP contribution in [0.1, 0.15) is 11.1 Å². The molecular formula is C21H26FIN4O. The molecule has 3 N–H and O–H groups in total. The summed E-state index contributed by atoms with van der Waals surface area (Å²) in [6, 6.07) is 12.9. The van der Waals surface area contributed by atoms with Gasteiger partial charge < -0.3 is 20.4 Å². The molecule has 0 fully saturated rings. The van der Waals surface area contributed by atoms with Crippen LogP contribution in [0, 0.1) is 5.82 Å². The first-order chi connectivity index (χ1) is 13.2. The Balaban J connectivity index is 0.00000280. The predicted molar refractivity (Wildman–Crippen MR) is 123 cm³/mol. The predicted octanol–water partition coefficient (Wildman–Crippen LogP) is 3.88. The van der Waals surface area contributed by atoms with Gasteiger partial charge in [0.15, 0.2) is 5.96 Å². The van der Waals surface area contributed by atoms with Gasteiger partial charge in [-0.25, -0.2) is 4.39 Å². The zero-order chi connectivity index (χ0) is 19.1. The maximum atomic E-state index is 13.5. The molecule has 0 amide bonds. The molecule has 1 aromatic heterocycles. The number of halogens is 2. The van der Waals surface area contributed by atoms with E-state index in [1.165, 1.54) is 11.6 Å². The largest absolute Gasteiger partial charge is 0.497 e. The lowest BCUT2D eigenvalue weighted by Crippen LogP contribution is -2.39. The quantitative estimate of drug-likeness (QED) is 0.264. The van der Waals surface area contributed by atoms with Crippen molar-refractivity contribution in [3.63, 3.8) is 0 Å². The van der Waals surface area contributed by atoms with Gasteiger partial charge in [0.1, 0.15) is 11.6 Å². The summed E-state index contributed by atoms with van der Waals surface area (Å²) in [6.45, 7) is 1.50. The molecule has 0 saturated heterocycles. The number of fused-ring (bicyclic) bond motifs is 1. The Labute approximate surface area is 181 Å². The number of methoxy groups -OCH3 is 1. The van der Waals surface area contributed by atoms with Gasteiger partial charge in [0, 0.05) is 37.2 Å². The lowest BCUT2D eigenvalue weighted by Gasteiger charge is -2.12. The number of guanidine groups is 1. The van der Waals surface area contributed by atoms with Gasteiger partial charge in [-0.3, -0.25) is 4.99 Å². The molecular weight excluding hydrogens is 470 g/mol. The van der Waals surface area contributed by atoms with Crippen molar-refractivity contribution in [2.24, 2.45) is 4.99 Å². The van der Waals surface area contributed by atoms with E-state index in [0.717, 1.165) is 47.6 Å². The summed E-state index contributed by atoms with van der Waals surface area (Å²) >= 11 is 0. The van der Waals surface area contributed by atoms with E-state index in [-0.39, 0.29) is 29.8 Å². The highest BCUT2D eigenvalue weighted by atomic mass is 127. The molecule has 28 heavy (non-hydrogen) atoms. The summed E-state index contributed by atoms with van der Waals surface area (Å²) < 4.78 is 18.6. The molecule has 0 bridgehead atoms. The second-order valence-electron chi connectivity index (χ2n) is 6.28. The fraction of sp³-hybridized carbons (Fsp3) is 0.286. The van der Waals surface area contributed by atoms with Crippen molar-refractivity contribution in [1.82, 2.24) is 15.6 Å². The number of ether oxygens (including phenoxy) is 1. The second kappa shape index (κ2) is 10.9. The van der Waals surface area contributed by atoms with Crippen LogP contribution in [0.3, 0.4) is 0 Å². The maximum Gasteiger partial charge on any atom is 0.190 e. The average molecular weight is 496 g/mol. The number of rotatable bonds is 7. The second-order valence-corrected chi connectivity index (χ2v) is 6.28. The Morgan fingerprint density at radius 1 is 1.07 bits per heavy atom. The van der Waals surface area contributed by atoms with E-state index in [1.807, 2.05) is 18.3 Å². The first-order valence-corrected chi connectivity index (χ1v) is 9.02. The molecule has 0 aliphatic carbocycles. The van der Waals surface area contributed by atoms with Gasteiger partial charge >= 0.3 is 0 Å². The van der Waals surface area contributed by atoms with E-state index in [1.54, 1.807) is 26.3 Å². The first-order valence-electron chi connectivity index (χ1n) is 9.02. The summed E-state index contributed by atoms with van der Waals surface area (Å²) in [5.74, 6) is 1.41. The van der Waals surface area contributed by atoms with Crippen LogP contribution in [0.15, 0.2) is 53.7 Å². The number of nitrogens with one attached hydrogen (secondary N) is 3. The van der Waals surface area contributed by atoms with Crippen molar-refractivity contribution >= 4 is 40.8 Å². The third-order valence-corrected chi connectivity index (χ3v) is 4.51. The lowest BCUT2D eigenvalue weighted by molar-refractivity contribution is 0.414. The number of hydrogen-bond acceptors (Lipinski definition) is 2. The molecule has 1 heterocycles. The minimum atomic E-state index is -0.215. The summed E-state index contributed by atoms with van der Waals surface area (Å²) in [6.07, 6.45) is 3.61. The number of aliphatic imine (C=N–C) groups is 1. The van der Waals surface area contributed by atoms with Crippen molar-refractivity contribution in [1.29, 1.82) is 0 Å². The zero-order valence-corrected chi connectivity index (χ0v) is 18.4. The standard InChI is InChI=1S/C21H25FN4O.HI/c1-23-21(24-11-9-15-3-6-18(27-2)7-4-15)25-12-10-16-14-26-20-8-5-17(22)13-19(16)20;/h3-8,13-14,26H,9-12H2,1-2H3,(H2,23,24,25);1H. The molecule has 0 unspecified atom stereocenters. The van der Waals surface area contributed by atoms with E-state index >= 15 is 0 Å². The smallest absolute Gasteiger partial charge is 0.190 e. The van der Waals surface area contributed by atoms with Crippen LogP contribution in [0.25, 0.3) is 10.9 Å². The Bertz CT molecular complexity index is 908. The van der Waals surface area contributed by atoms with Crippen LogP contribution in [0.4, 0.5) is 4.39 Å². The molecule has 3 aromatic rings. The number of aromatic amines is 1. The summed E-state index contributed by atoms with van der Waals surface area (Å²) in [5, 5.41) is 7.55. The van der Waals surface area contributed by atoms with E-state index < -0.39 is 0 Å². The van der Waals surface area contributed by atoms with Crippen LogP contribution in [0.2, 0.25) is 0 Å². The SMILES string of the molecule is CN=C(NCCc1ccc(OC)cc1)NCCc1c[nH]c2ccc(F)cc12.I. The number of nitrogens with zero attached hydrogens (tertiary/aromatic N) is 1. The van der Waals surface area contributed by atoms with Crippen LogP contribution in [0.5, 0.6) is 5.75 Å². The molecule has 0 spiro atoms. The van der Waals surface area contributed by atoms with Crippen molar-refractivity contribution in [3.05, 3.63) is 65.6 Å². The molecule has 0 aliphatic rings. The van der Waals surface area contributed by atoms with Crippen LogP contribution in [-0.4, -0.2) is 38.2 Å². The Morgan fingerprint density at radius 2 is 1.79 bits per heavy atom. The molecule has 0 radical (unpaired) electrons. The van der Waals surface area contributed by atoms with Gasteiger partial charge in [-0.15, -0.1) is 24.0 Å². The molecule has 0 saturated carbocycles. The highest BCUT2D eigenvalue weighted by molar-refractivity contribution is 14.0. The fourth-order valence-electron chi connectivity index (χ4n) is 3.01. The van der Waals surface area contributed by atoms with E-state index in [9.17, 15) is 4.39 Å². The van der Waals surface area contributed by atoms with Crippen molar-refractivity contribution < 1.29 is 9.13 Å². The van der Waals surface area contributed by atoms with Gasteiger partial charge in [-0.1, -0.05) is 12.1 Å². The number of aromatic nitrogens is 1. The van der Waals surface area contributed by atoms with Crippen LogP contribution < -0.4 is 15.4 Å². The highest BCUT2D eigenvalue weighted by Gasteiger charge is 2.05. The van der Waals surface area contributed by atoms with Gasteiger partial charge in [0.2, 0.25) is 0 Å². The number of benzene rings is 2. The molecule has 3 rings (SSSR count). The summed E-state index contributed by atoms with van der Waals surface area (Å²) in [7, 11) is 3.42. The monoisotopic (exact) mass is 496 g/mol.